The van der Waals surface area contributed by atoms with Gasteiger partial charge in [-0.2, -0.15) is 5.26 Å². The molecule has 1 aliphatic carbocycles. The Bertz CT molecular complexity index is 628. The highest BCUT2D eigenvalue weighted by Gasteiger charge is 2.20. The fourth-order valence-electron chi connectivity index (χ4n) is 2.78. The average Bonchev–Trinajstić information content (AvgIpc) is 2.81. The standard InChI is InChI=1S/C17H16N2/c1-12-8-16(7-6-15(12)11-18)19-17-9-13-4-2-3-5-14(13)10-17/h2-8,17,19H,9-10H2,1H3. The Balaban J connectivity index is 1.74. The molecule has 0 fully saturated rings. The van der Waals surface area contributed by atoms with E-state index in [1.807, 2.05) is 19.1 Å². The van der Waals surface area contributed by atoms with Crippen LogP contribution in [0.1, 0.15) is 22.3 Å². The fraction of sp³-hybridized carbons (Fsp3) is 0.235. The van der Waals surface area contributed by atoms with Gasteiger partial charge >= 0.3 is 0 Å². The van der Waals surface area contributed by atoms with E-state index in [4.69, 9.17) is 5.26 Å². The molecule has 94 valence electrons. The first-order valence-corrected chi connectivity index (χ1v) is 6.60. The second-order valence-corrected chi connectivity index (χ2v) is 5.16. The maximum absolute atomic E-state index is 8.94. The third-order valence-corrected chi connectivity index (χ3v) is 3.77. The molecule has 2 nitrogen and oxygen atoms in total. The van der Waals surface area contributed by atoms with Crippen LogP contribution in [0.3, 0.4) is 0 Å². The van der Waals surface area contributed by atoms with Crippen molar-refractivity contribution in [2.24, 2.45) is 0 Å². The van der Waals surface area contributed by atoms with Crippen LogP contribution < -0.4 is 5.32 Å². The normalized spacial score (nSPS) is 13.9. The first kappa shape index (κ1) is 11.8. The highest BCUT2D eigenvalue weighted by Crippen LogP contribution is 2.25. The lowest BCUT2D eigenvalue weighted by molar-refractivity contribution is 0.774. The van der Waals surface area contributed by atoms with Gasteiger partial charge in [0.15, 0.2) is 0 Å². The molecule has 0 saturated carbocycles. The Kier molecular flexibility index (Phi) is 2.97. The van der Waals surface area contributed by atoms with Gasteiger partial charge in [0.1, 0.15) is 0 Å². The molecule has 19 heavy (non-hydrogen) atoms. The van der Waals surface area contributed by atoms with Gasteiger partial charge < -0.3 is 5.32 Å². The zero-order chi connectivity index (χ0) is 13.2. The molecule has 2 heteroatoms. The monoisotopic (exact) mass is 248 g/mol. The molecule has 0 radical (unpaired) electrons. The van der Waals surface area contributed by atoms with Gasteiger partial charge in [0.25, 0.3) is 0 Å². The maximum Gasteiger partial charge on any atom is 0.0994 e. The van der Waals surface area contributed by atoms with E-state index >= 15 is 0 Å². The van der Waals surface area contributed by atoms with E-state index in [-0.39, 0.29) is 0 Å². The minimum atomic E-state index is 0.463. The van der Waals surface area contributed by atoms with Gasteiger partial charge in [0.2, 0.25) is 0 Å². The number of nitriles is 1. The molecule has 0 bridgehead atoms. The summed E-state index contributed by atoms with van der Waals surface area (Å²) in [6.45, 7) is 1.98. The molecule has 0 aliphatic heterocycles. The zero-order valence-electron chi connectivity index (χ0n) is 11.0. The van der Waals surface area contributed by atoms with Crippen molar-refractivity contribution in [3.8, 4) is 6.07 Å². The van der Waals surface area contributed by atoms with Crippen molar-refractivity contribution in [3.63, 3.8) is 0 Å². The van der Waals surface area contributed by atoms with E-state index in [9.17, 15) is 0 Å². The molecule has 1 N–H and O–H groups in total. The largest absolute Gasteiger partial charge is 0.382 e. The molecule has 1 aliphatic rings. The molecular formula is C17H16N2. The summed E-state index contributed by atoms with van der Waals surface area (Å²) >= 11 is 0. The first-order chi connectivity index (χ1) is 9.26. The lowest BCUT2D eigenvalue weighted by Crippen LogP contribution is -2.19. The van der Waals surface area contributed by atoms with Crippen LogP contribution in [0.15, 0.2) is 42.5 Å². The van der Waals surface area contributed by atoms with Crippen LogP contribution in [0.25, 0.3) is 0 Å². The van der Waals surface area contributed by atoms with Crippen molar-refractivity contribution in [2.75, 3.05) is 5.32 Å². The van der Waals surface area contributed by atoms with Crippen LogP contribution >= 0.6 is 0 Å². The van der Waals surface area contributed by atoms with Crippen molar-refractivity contribution in [3.05, 3.63) is 64.7 Å². The Hall–Kier alpha value is -2.27. The average molecular weight is 248 g/mol. The van der Waals surface area contributed by atoms with Crippen LogP contribution in [0.4, 0.5) is 5.69 Å². The molecular weight excluding hydrogens is 232 g/mol. The zero-order valence-corrected chi connectivity index (χ0v) is 11.0. The molecule has 0 saturated heterocycles. The van der Waals surface area contributed by atoms with Crippen LogP contribution in [-0.4, -0.2) is 6.04 Å². The molecule has 2 aromatic carbocycles. The van der Waals surface area contributed by atoms with Gasteiger partial charge in [0, 0.05) is 11.7 Å². The lowest BCUT2D eigenvalue weighted by Gasteiger charge is -2.14. The Morgan fingerprint density at radius 2 is 1.79 bits per heavy atom. The van der Waals surface area contributed by atoms with Crippen molar-refractivity contribution >= 4 is 5.69 Å². The van der Waals surface area contributed by atoms with Crippen molar-refractivity contribution in [1.29, 1.82) is 5.26 Å². The Labute approximate surface area is 113 Å². The second kappa shape index (κ2) is 4.78. The van der Waals surface area contributed by atoms with Crippen molar-refractivity contribution < 1.29 is 0 Å². The number of hydrogen-bond donors (Lipinski definition) is 1. The van der Waals surface area contributed by atoms with E-state index in [0.717, 1.165) is 29.7 Å². The molecule has 0 unspecified atom stereocenters. The minimum absolute atomic E-state index is 0.463. The smallest absolute Gasteiger partial charge is 0.0994 e. The SMILES string of the molecule is Cc1cc(NC2Cc3ccccc3C2)ccc1C#N. The van der Waals surface area contributed by atoms with E-state index in [1.54, 1.807) is 0 Å². The van der Waals surface area contributed by atoms with Gasteiger partial charge in [-0.05, 0) is 54.7 Å². The molecule has 0 amide bonds. The van der Waals surface area contributed by atoms with Crippen molar-refractivity contribution in [2.45, 2.75) is 25.8 Å². The van der Waals surface area contributed by atoms with Crippen LogP contribution in [-0.2, 0) is 12.8 Å². The Morgan fingerprint density at radius 1 is 1.11 bits per heavy atom. The van der Waals surface area contributed by atoms with Gasteiger partial charge in [-0.15, -0.1) is 0 Å². The van der Waals surface area contributed by atoms with Crippen LogP contribution in [0.2, 0.25) is 0 Å². The highest BCUT2D eigenvalue weighted by molar-refractivity contribution is 5.53. The summed E-state index contributed by atoms with van der Waals surface area (Å²) in [5.74, 6) is 0. The number of fused-ring (bicyclic) bond motifs is 1. The summed E-state index contributed by atoms with van der Waals surface area (Å²) in [7, 11) is 0. The third-order valence-electron chi connectivity index (χ3n) is 3.77. The maximum atomic E-state index is 8.94. The van der Waals surface area contributed by atoms with E-state index in [0.29, 0.717) is 6.04 Å². The van der Waals surface area contributed by atoms with Gasteiger partial charge in [-0.1, -0.05) is 24.3 Å². The molecule has 0 heterocycles. The molecule has 2 aromatic rings. The number of rotatable bonds is 2. The quantitative estimate of drug-likeness (QED) is 0.883. The fourth-order valence-corrected chi connectivity index (χ4v) is 2.78. The molecule has 0 aromatic heterocycles. The number of benzene rings is 2. The van der Waals surface area contributed by atoms with Crippen LogP contribution in [0, 0.1) is 18.3 Å². The number of nitrogens with one attached hydrogen (secondary N) is 1. The van der Waals surface area contributed by atoms with Gasteiger partial charge in [-0.3, -0.25) is 0 Å². The number of aryl methyl sites for hydroxylation is 1. The van der Waals surface area contributed by atoms with E-state index < -0.39 is 0 Å². The summed E-state index contributed by atoms with van der Waals surface area (Å²) in [6.07, 6.45) is 2.16. The number of anilines is 1. The summed E-state index contributed by atoms with van der Waals surface area (Å²) in [6, 6.07) is 17.2. The predicted molar refractivity (Wildman–Crippen MR) is 77.2 cm³/mol. The van der Waals surface area contributed by atoms with Crippen molar-refractivity contribution in [1.82, 2.24) is 0 Å². The highest BCUT2D eigenvalue weighted by atomic mass is 14.9. The minimum Gasteiger partial charge on any atom is -0.382 e. The summed E-state index contributed by atoms with van der Waals surface area (Å²) in [4.78, 5) is 0. The third kappa shape index (κ3) is 2.32. The van der Waals surface area contributed by atoms with Gasteiger partial charge in [0.05, 0.1) is 11.6 Å². The topological polar surface area (TPSA) is 35.8 Å². The number of nitrogens with zero attached hydrogens (tertiary/aromatic N) is 1. The van der Waals surface area contributed by atoms with E-state index in [2.05, 4.69) is 41.7 Å². The number of hydrogen-bond acceptors (Lipinski definition) is 2. The summed E-state index contributed by atoms with van der Waals surface area (Å²) in [5, 5.41) is 12.5. The van der Waals surface area contributed by atoms with Gasteiger partial charge in [-0.25, -0.2) is 0 Å². The Morgan fingerprint density at radius 3 is 2.37 bits per heavy atom. The summed E-state index contributed by atoms with van der Waals surface area (Å²) < 4.78 is 0. The van der Waals surface area contributed by atoms with E-state index in [1.165, 1.54) is 11.1 Å². The molecule has 0 atom stereocenters. The molecule has 3 rings (SSSR count). The molecule has 0 spiro atoms. The van der Waals surface area contributed by atoms with Crippen LogP contribution in [0.5, 0.6) is 0 Å². The second-order valence-electron chi connectivity index (χ2n) is 5.16. The summed E-state index contributed by atoms with van der Waals surface area (Å²) in [5.41, 5.74) is 5.79. The first-order valence-electron chi connectivity index (χ1n) is 6.60. The lowest BCUT2D eigenvalue weighted by atomic mass is 10.1. The predicted octanol–water partition coefficient (Wildman–Crippen LogP) is 3.45.